The molecule has 0 aromatic heterocycles. The Kier molecular flexibility index (Phi) is 4.97. The van der Waals surface area contributed by atoms with Crippen LogP contribution in [0.15, 0.2) is 30.3 Å². The van der Waals surface area contributed by atoms with E-state index in [1.807, 2.05) is 23.1 Å². The van der Waals surface area contributed by atoms with E-state index in [9.17, 15) is 4.79 Å². The number of hydrogen-bond donors (Lipinski definition) is 1. The molecule has 0 radical (unpaired) electrons. The second kappa shape index (κ2) is 6.71. The third-order valence-electron chi connectivity index (χ3n) is 3.87. The Morgan fingerprint density at radius 2 is 2.16 bits per heavy atom. The maximum atomic E-state index is 12.1. The zero-order chi connectivity index (χ0) is 13.7. The van der Waals surface area contributed by atoms with Gasteiger partial charge in [-0.25, -0.2) is 0 Å². The lowest BCUT2D eigenvalue weighted by Gasteiger charge is -2.31. The summed E-state index contributed by atoms with van der Waals surface area (Å²) in [5.41, 5.74) is 1.22. The normalized spacial score (nSPS) is 21.2. The molecular weight excluding hydrogens is 236 g/mol. The Bertz CT molecular complexity index is 404. The van der Waals surface area contributed by atoms with Crippen LogP contribution in [-0.4, -0.2) is 30.4 Å². The number of carbonyl (C=O) groups is 1. The SMILES string of the molecule is CC1CCCN(C(=O)CNC(C)c2ccccc2)C1. The van der Waals surface area contributed by atoms with Crippen LogP contribution in [-0.2, 0) is 4.79 Å². The highest BCUT2D eigenvalue weighted by atomic mass is 16.2. The third-order valence-corrected chi connectivity index (χ3v) is 3.87. The minimum Gasteiger partial charge on any atom is -0.341 e. The number of carbonyl (C=O) groups excluding carboxylic acids is 1. The molecular formula is C16H24N2O. The first-order chi connectivity index (χ1) is 9.16. The molecule has 1 aliphatic rings. The predicted molar refractivity (Wildman–Crippen MR) is 77.8 cm³/mol. The second-order valence-electron chi connectivity index (χ2n) is 5.60. The van der Waals surface area contributed by atoms with Gasteiger partial charge in [0, 0.05) is 19.1 Å². The molecule has 0 aliphatic carbocycles. The van der Waals surface area contributed by atoms with E-state index in [2.05, 4.69) is 31.3 Å². The number of nitrogens with zero attached hydrogens (tertiary/aromatic N) is 1. The van der Waals surface area contributed by atoms with Crippen molar-refractivity contribution in [2.75, 3.05) is 19.6 Å². The molecule has 19 heavy (non-hydrogen) atoms. The van der Waals surface area contributed by atoms with Gasteiger partial charge in [-0.15, -0.1) is 0 Å². The number of hydrogen-bond acceptors (Lipinski definition) is 2. The van der Waals surface area contributed by atoms with Crippen molar-refractivity contribution in [3.05, 3.63) is 35.9 Å². The molecule has 2 rings (SSSR count). The van der Waals surface area contributed by atoms with E-state index in [0.717, 1.165) is 19.5 Å². The van der Waals surface area contributed by atoms with E-state index < -0.39 is 0 Å². The van der Waals surface area contributed by atoms with Gasteiger partial charge in [0.2, 0.25) is 5.91 Å². The average Bonchev–Trinajstić information content (AvgIpc) is 2.45. The van der Waals surface area contributed by atoms with E-state index in [4.69, 9.17) is 0 Å². The smallest absolute Gasteiger partial charge is 0.236 e. The first-order valence-electron chi connectivity index (χ1n) is 7.23. The van der Waals surface area contributed by atoms with Crippen LogP contribution in [0.4, 0.5) is 0 Å². The van der Waals surface area contributed by atoms with Gasteiger partial charge < -0.3 is 10.2 Å². The lowest BCUT2D eigenvalue weighted by Crippen LogP contribution is -2.43. The van der Waals surface area contributed by atoms with Crippen LogP contribution in [0.1, 0.15) is 38.3 Å². The Balaban J connectivity index is 1.80. The fourth-order valence-electron chi connectivity index (χ4n) is 2.63. The van der Waals surface area contributed by atoms with Crippen molar-refractivity contribution in [2.24, 2.45) is 5.92 Å². The van der Waals surface area contributed by atoms with Crippen molar-refractivity contribution in [3.63, 3.8) is 0 Å². The largest absolute Gasteiger partial charge is 0.341 e. The van der Waals surface area contributed by atoms with Gasteiger partial charge in [-0.2, -0.15) is 0 Å². The molecule has 2 atom stereocenters. The molecule has 0 saturated carbocycles. The summed E-state index contributed by atoms with van der Waals surface area (Å²) in [6.07, 6.45) is 2.39. The summed E-state index contributed by atoms with van der Waals surface area (Å²) in [6.45, 7) is 6.59. The molecule has 1 aromatic carbocycles. The molecule has 1 N–H and O–H groups in total. The molecule has 1 heterocycles. The molecule has 1 aromatic rings. The fraction of sp³-hybridized carbons (Fsp3) is 0.562. The number of nitrogens with one attached hydrogen (secondary N) is 1. The van der Waals surface area contributed by atoms with Gasteiger partial charge in [0.1, 0.15) is 0 Å². The quantitative estimate of drug-likeness (QED) is 0.902. The molecule has 2 unspecified atom stereocenters. The molecule has 1 fully saturated rings. The van der Waals surface area contributed by atoms with Gasteiger partial charge in [0.25, 0.3) is 0 Å². The first kappa shape index (κ1) is 14.1. The summed E-state index contributed by atoms with van der Waals surface area (Å²) in [4.78, 5) is 14.1. The Morgan fingerprint density at radius 1 is 1.42 bits per heavy atom. The Labute approximate surface area is 116 Å². The summed E-state index contributed by atoms with van der Waals surface area (Å²) < 4.78 is 0. The van der Waals surface area contributed by atoms with Crippen molar-refractivity contribution >= 4 is 5.91 Å². The minimum atomic E-state index is 0.215. The van der Waals surface area contributed by atoms with Crippen LogP contribution in [0, 0.1) is 5.92 Å². The molecule has 0 spiro atoms. The van der Waals surface area contributed by atoms with E-state index in [0.29, 0.717) is 12.5 Å². The number of benzene rings is 1. The summed E-state index contributed by atoms with van der Waals surface area (Å²) in [5.74, 6) is 0.874. The van der Waals surface area contributed by atoms with Gasteiger partial charge in [-0.1, -0.05) is 37.3 Å². The Hall–Kier alpha value is -1.35. The number of likely N-dealkylation sites (tertiary alicyclic amines) is 1. The van der Waals surface area contributed by atoms with Crippen LogP contribution in [0.2, 0.25) is 0 Å². The van der Waals surface area contributed by atoms with Crippen molar-refractivity contribution in [2.45, 2.75) is 32.7 Å². The summed E-state index contributed by atoms with van der Waals surface area (Å²) in [5, 5.41) is 3.32. The molecule has 104 valence electrons. The Morgan fingerprint density at radius 3 is 2.84 bits per heavy atom. The highest BCUT2D eigenvalue weighted by molar-refractivity contribution is 5.78. The second-order valence-corrected chi connectivity index (χ2v) is 5.60. The summed E-state index contributed by atoms with van der Waals surface area (Å²) in [6, 6.07) is 10.5. The molecule has 1 aliphatic heterocycles. The van der Waals surface area contributed by atoms with Crippen LogP contribution < -0.4 is 5.32 Å². The van der Waals surface area contributed by atoms with Crippen LogP contribution in [0.3, 0.4) is 0 Å². The van der Waals surface area contributed by atoms with Crippen LogP contribution in [0.25, 0.3) is 0 Å². The summed E-state index contributed by atoms with van der Waals surface area (Å²) in [7, 11) is 0. The lowest BCUT2D eigenvalue weighted by molar-refractivity contribution is -0.132. The fourth-order valence-corrected chi connectivity index (χ4v) is 2.63. The maximum absolute atomic E-state index is 12.1. The predicted octanol–water partition coefficient (Wildman–Crippen LogP) is 2.60. The van der Waals surface area contributed by atoms with Crippen molar-refractivity contribution in [1.29, 1.82) is 0 Å². The maximum Gasteiger partial charge on any atom is 0.236 e. The highest BCUT2D eigenvalue weighted by Gasteiger charge is 2.20. The van der Waals surface area contributed by atoms with Gasteiger partial charge >= 0.3 is 0 Å². The topological polar surface area (TPSA) is 32.3 Å². The van der Waals surface area contributed by atoms with Gasteiger partial charge in [0.15, 0.2) is 0 Å². The van der Waals surface area contributed by atoms with Gasteiger partial charge in [-0.05, 0) is 31.2 Å². The van der Waals surface area contributed by atoms with Crippen LogP contribution >= 0.6 is 0 Å². The molecule has 0 bridgehead atoms. The van der Waals surface area contributed by atoms with E-state index in [1.54, 1.807) is 0 Å². The zero-order valence-electron chi connectivity index (χ0n) is 11.9. The monoisotopic (exact) mass is 260 g/mol. The van der Waals surface area contributed by atoms with E-state index >= 15 is 0 Å². The lowest BCUT2D eigenvalue weighted by atomic mass is 10.0. The number of rotatable bonds is 4. The standard InChI is InChI=1S/C16H24N2O/c1-13-7-6-10-18(12-13)16(19)11-17-14(2)15-8-4-3-5-9-15/h3-5,8-9,13-14,17H,6-7,10-12H2,1-2H3. The van der Waals surface area contributed by atoms with Crippen molar-refractivity contribution in [1.82, 2.24) is 10.2 Å². The molecule has 1 saturated heterocycles. The minimum absolute atomic E-state index is 0.215. The van der Waals surface area contributed by atoms with Crippen molar-refractivity contribution < 1.29 is 4.79 Å². The first-order valence-corrected chi connectivity index (χ1v) is 7.23. The molecule has 3 nitrogen and oxygen atoms in total. The van der Waals surface area contributed by atoms with Crippen LogP contribution in [0.5, 0.6) is 0 Å². The zero-order valence-corrected chi connectivity index (χ0v) is 11.9. The van der Waals surface area contributed by atoms with Gasteiger partial charge in [-0.3, -0.25) is 4.79 Å². The molecule has 3 heteroatoms. The number of piperidine rings is 1. The van der Waals surface area contributed by atoms with E-state index in [1.165, 1.54) is 12.0 Å². The van der Waals surface area contributed by atoms with E-state index in [-0.39, 0.29) is 11.9 Å². The van der Waals surface area contributed by atoms with Crippen molar-refractivity contribution in [3.8, 4) is 0 Å². The average molecular weight is 260 g/mol. The highest BCUT2D eigenvalue weighted by Crippen LogP contribution is 2.16. The third kappa shape index (κ3) is 4.06. The van der Waals surface area contributed by atoms with Gasteiger partial charge in [0.05, 0.1) is 6.54 Å². The number of amides is 1. The molecule has 1 amide bonds. The summed E-state index contributed by atoms with van der Waals surface area (Å²) >= 11 is 0.